The van der Waals surface area contributed by atoms with Crippen LogP contribution in [-0.4, -0.2) is 34.0 Å². The number of likely N-dealkylation sites (N-methyl/N-ethyl adjacent to an activating group) is 1. The number of carboxylic acid groups (broad SMARTS) is 1. The molecule has 1 aliphatic heterocycles. The van der Waals surface area contributed by atoms with E-state index in [-0.39, 0.29) is 5.91 Å². The van der Waals surface area contributed by atoms with Gasteiger partial charge in [-0.25, -0.2) is 4.79 Å². The van der Waals surface area contributed by atoms with E-state index in [0.717, 1.165) is 11.1 Å². The van der Waals surface area contributed by atoms with Gasteiger partial charge in [0.2, 0.25) is 0 Å². The Balaban J connectivity index is 2.32. The van der Waals surface area contributed by atoms with Crippen LogP contribution in [0.1, 0.15) is 42.3 Å². The van der Waals surface area contributed by atoms with Crippen LogP contribution >= 0.6 is 0 Å². The number of amides is 1. The molecule has 0 saturated heterocycles. The molecule has 1 aromatic rings. The van der Waals surface area contributed by atoms with Crippen molar-refractivity contribution in [3.8, 4) is 0 Å². The van der Waals surface area contributed by atoms with Crippen LogP contribution in [0.5, 0.6) is 0 Å². The zero-order valence-corrected chi connectivity index (χ0v) is 12.0. The van der Waals surface area contributed by atoms with Crippen LogP contribution in [0.25, 0.3) is 0 Å². The van der Waals surface area contributed by atoms with Gasteiger partial charge in [0.15, 0.2) is 0 Å². The monoisotopic (exact) mass is 277 g/mol. The lowest BCUT2D eigenvalue weighted by molar-refractivity contribution is -0.147. The largest absolute Gasteiger partial charge is 0.480 e. The molecule has 1 aromatic carbocycles. The second-order valence-corrected chi connectivity index (χ2v) is 5.39. The first kappa shape index (κ1) is 14.5. The summed E-state index contributed by atoms with van der Waals surface area (Å²) < 4.78 is 5.32. The topological polar surface area (TPSA) is 66.8 Å². The van der Waals surface area contributed by atoms with Crippen LogP contribution in [0.4, 0.5) is 0 Å². The second-order valence-electron chi connectivity index (χ2n) is 5.39. The number of nitrogens with zero attached hydrogens (tertiary/aromatic N) is 1. The lowest BCUT2D eigenvalue weighted by Crippen LogP contribution is -2.52. The predicted octanol–water partition coefficient (Wildman–Crippen LogP) is 2.04. The Labute approximate surface area is 118 Å². The average molecular weight is 277 g/mol. The molecule has 5 heteroatoms. The molecule has 1 amide bonds. The Hall–Kier alpha value is -1.88. The van der Waals surface area contributed by atoms with Crippen molar-refractivity contribution < 1.29 is 19.4 Å². The first-order valence-electron chi connectivity index (χ1n) is 6.62. The van der Waals surface area contributed by atoms with E-state index in [2.05, 4.69) is 0 Å². The molecule has 2 rings (SSSR count). The van der Waals surface area contributed by atoms with Crippen LogP contribution in [-0.2, 0) is 22.7 Å². The van der Waals surface area contributed by atoms with Crippen LogP contribution in [0, 0.1) is 0 Å². The van der Waals surface area contributed by atoms with Gasteiger partial charge >= 0.3 is 5.97 Å². The van der Waals surface area contributed by atoms with Crippen LogP contribution in [0.2, 0.25) is 0 Å². The molecule has 0 spiro atoms. The van der Waals surface area contributed by atoms with E-state index >= 15 is 0 Å². The number of rotatable bonds is 4. The van der Waals surface area contributed by atoms with Crippen LogP contribution in [0.3, 0.4) is 0 Å². The third-order valence-electron chi connectivity index (χ3n) is 3.73. The lowest BCUT2D eigenvalue weighted by Gasteiger charge is -2.34. The van der Waals surface area contributed by atoms with Crippen molar-refractivity contribution in [1.29, 1.82) is 0 Å². The van der Waals surface area contributed by atoms with Gasteiger partial charge < -0.3 is 14.7 Å². The molecule has 0 radical (unpaired) electrons. The maximum atomic E-state index is 12.5. The van der Waals surface area contributed by atoms with Gasteiger partial charge in [0.05, 0.1) is 13.2 Å². The van der Waals surface area contributed by atoms with E-state index in [4.69, 9.17) is 4.74 Å². The standard InChI is InChI=1S/C15H19NO4/c1-4-16(15(2,3)14(18)19)13(17)10-5-6-11-8-20-9-12(11)7-10/h5-7H,4,8-9H2,1-3H3,(H,18,19). The van der Waals surface area contributed by atoms with E-state index < -0.39 is 11.5 Å². The van der Waals surface area contributed by atoms with E-state index in [1.54, 1.807) is 19.1 Å². The Morgan fingerprint density at radius 1 is 1.30 bits per heavy atom. The minimum Gasteiger partial charge on any atom is -0.480 e. The summed E-state index contributed by atoms with van der Waals surface area (Å²) in [6.45, 7) is 6.26. The molecule has 0 saturated carbocycles. The van der Waals surface area contributed by atoms with Crippen molar-refractivity contribution >= 4 is 11.9 Å². The fourth-order valence-electron chi connectivity index (χ4n) is 2.37. The Bertz CT molecular complexity index is 551. The van der Waals surface area contributed by atoms with E-state index in [1.807, 2.05) is 6.07 Å². The molecular weight excluding hydrogens is 258 g/mol. The number of benzene rings is 1. The Morgan fingerprint density at radius 3 is 2.55 bits per heavy atom. The molecule has 0 unspecified atom stereocenters. The number of hydrogen-bond acceptors (Lipinski definition) is 3. The van der Waals surface area contributed by atoms with Gasteiger partial charge in [-0.15, -0.1) is 0 Å². The first-order chi connectivity index (χ1) is 9.37. The SMILES string of the molecule is CCN(C(=O)c1ccc2c(c1)COC2)C(C)(C)C(=O)O. The van der Waals surface area contributed by atoms with Gasteiger partial charge in [-0.1, -0.05) is 6.07 Å². The molecular formula is C15H19NO4. The van der Waals surface area contributed by atoms with E-state index in [0.29, 0.717) is 25.3 Å². The third-order valence-corrected chi connectivity index (χ3v) is 3.73. The number of carboxylic acids is 1. The van der Waals surface area contributed by atoms with Crippen LogP contribution < -0.4 is 0 Å². The van der Waals surface area contributed by atoms with Crippen molar-refractivity contribution in [3.63, 3.8) is 0 Å². The predicted molar refractivity (Wildman–Crippen MR) is 73.4 cm³/mol. The number of carbonyl (C=O) groups is 2. The highest BCUT2D eigenvalue weighted by atomic mass is 16.5. The summed E-state index contributed by atoms with van der Waals surface area (Å²) >= 11 is 0. The Morgan fingerprint density at radius 2 is 1.95 bits per heavy atom. The zero-order valence-electron chi connectivity index (χ0n) is 12.0. The Kier molecular flexibility index (Phi) is 3.81. The first-order valence-corrected chi connectivity index (χ1v) is 6.62. The van der Waals surface area contributed by atoms with Crippen molar-refractivity contribution in [2.24, 2.45) is 0 Å². The molecule has 1 aliphatic rings. The maximum Gasteiger partial charge on any atom is 0.329 e. The van der Waals surface area contributed by atoms with Crippen molar-refractivity contribution in [2.45, 2.75) is 39.5 Å². The van der Waals surface area contributed by atoms with E-state index in [9.17, 15) is 14.7 Å². The molecule has 0 aromatic heterocycles. The smallest absolute Gasteiger partial charge is 0.329 e. The van der Waals surface area contributed by atoms with Gasteiger partial charge in [0, 0.05) is 12.1 Å². The van der Waals surface area contributed by atoms with Gasteiger partial charge in [-0.3, -0.25) is 4.79 Å². The highest BCUT2D eigenvalue weighted by molar-refractivity contribution is 5.97. The summed E-state index contributed by atoms with van der Waals surface area (Å²) in [6, 6.07) is 5.40. The number of carbonyl (C=O) groups excluding carboxylic acids is 1. The van der Waals surface area contributed by atoms with Gasteiger partial charge in [-0.05, 0) is 44.0 Å². The molecule has 1 heterocycles. The summed E-state index contributed by atoms with van der Waals surface area (Å²) in [5.41, 5.74) is 1.36. The molecule has 0 fully saturated rings. The molecule has 0 atom stereocenters. The quantitative estimate of drug-likeness (QED) is 0.914. The zero-order chi connectivity index (χ0) is 14.9. The summed E-state index contributed by atoms with van der Waals surface area (Å²) in [7, 11) is 0. The number of aliphatic carboxylic acids is 1. The maximum absolute atomic E-state index is 12.5. The number of ether oxygens (including phenoxy) is 1. The molecule has 5 nitrogen and oxygen atoms in total. The molecule has 0 bridgehead atoms. The lowest BCUT2D eigenvalue weighted by atomic mass is 10.00. The number of hydrogen-bond donors (Lipinski definition) is 1. The minimum atomic E-state index is -1.23. The van der Waals surface area contributed by atoms with Crippen molar-refractivity contribution in [1.82, 2.24) is 4.90 Å². The van der Waals surface area contributed by atoms with Gasteiger partial charge in [0.1, 0.15) is 5.54 Å². The summed E-state index contributed by atoms with van der Waals surface area (Å²) in [4.78, 5) is 25.2. The van der Waals surface area contributed by atoms with E-state index in [1.165, 1.54) is 18.7 Å². The average Bonchev–Trinajstić information content (AvgIpc) is 2.85. The minimum absolute atomic E-state index is 0.269. The number of fused-ring (bicyclic) bond motifs is 1. The highest BCUT2D eigenvalue weighted by Crippen LogP contribution is 2.24. The normalized spacial score (nSPS) is 13.9. The van der Waals surface area contributed by atoms with Crippen molar-refractivity contribution in [3.05, 3.63) is 34.9 Å². The fourth-order valence-corrected chi connectivity index (χ4v) is 2.37. The third kappa shape index (κ3) is 2.41. The van der Waals surface area contributed by atoms with Gasteiger partial charge in [-0.2, -0.15) is 0 Å². The second kappa shape index (κ2) is 5.25. The van der Waals surface area contributed by atoms with Crippen LogP contribution in [0.15, 0.2) is 18.2 Å². The highest BCUT2D eigenvalue weighted by Gasteiger charge is 2.37. The fraction of sp³-hybridized carbons (Fsp3) is 0.467. The summed E-state index contributed by atoms with van der Waals surface area (Å²) in [6.07, 6.45) is 0. The molecule has 1 N–H and O–H groups in total. The van der Waals surface area contributed by atoms with Crippen molar-refractivity contribution in [2.75, 3.05) is 6.54 Å². The van der Waals surface area contributed by atoms with Gasteiger partial charge in [0.25, 0.3) is 5.91 Å². The molecule has 108 valence electrons. The summed E-state index contributed by atoms with van der Waals surface area (Å²) in [5.74, 6) is -1.29. The molecule has 20 heavy (non-hydrogen) atoms. The summed E-state index contributed by atoms with van der Waals surface area (Å²) in [5, 5.41) is 9.28. The molecule has 0 aliphatic carbocycles.